The molecular weight excluding hydrogens is 798 g/mol. The highest BCUT2D eigenvalue weighted by Gasteiger charge is 2.41. The first-order valence-corrected chi connectivity index (χ1v) is 21.2. The molecule has 4 atom stereocenters. The Bertz CT molecular complexity index is 2450. The topological polar surface area (TPSA) is 197 Å². The van der Waals surface area contributed by atoms with Crippen LogP contribution in [0, 0.1) is 17.7 Å². The molecule has 0 radical (unpaired) electrons. The first-order valence-electron chi connectivity index (χ1n) is 21.2. The lowest BCUT2D eigenvalue weighted by molar-refractivity contribution is -0.137. The van der Waals surface area contributed by atoms with Crippen LogP contribution in [0.25, 0.3) is 44.7 Å². The summed E-state index contributed by atoms with van der Waals surface area (Å²) in [5, 5.41) is 6.31. The van der Waals surface area contributed by atoms with E-state index in [4.69, 9.17) is 24.2 Å². The van der Waals surface area contributed by atoms with Gasteiger partial charge in [0.1, 0.15) is 29.5 Å². The van der Waals surface area contributed by atoms with Crippen LogP contribution in [-0.2, 0) is 23.8 Å². The number of hydrogen-bond donors (Lipinski definition) is 4. The molecule has 62 heavy (non-hydrogen) atoms. The number of alkyl carbamates (subject to hydrolysis) is 2. The van der Waals surface area contributed by atoms with Crippen LogP contribution in [0.4, 0.5) is 14.0 Å². The van der Waals surface area contributed by atoms with Gasteiger partial charge >= 0.3 is 12.2 Å². The molecule has 3 aliphatic rings. The number of ether oxygens (including phenoxy) is 3. The van der Waals surface area contributed by atoms with E-state index in [9.17, 15) is 19.2 Å². The number of amides is 4. The minimum Gasteiger partial charge on any atom is -0.453 e. The van der Waals surface area contributed by atoms with Crippen molar-refractivity contribution >= 4 is 34.9 Å². The fraction of sp³-hybridized carbons (Fsp3) is 0.444. The Kier molecular flexibility index (Phi) is 12.5. The molecule has 6 heterocycles. The molecule has 5 aromatic rings. The number of carbonyl (C=O) groups excluding carboxylic acids is 4. The number of rotatable bonds is 11. The van der Waals surface area contributed by atoms with Crippen molar-refractivity contribution in [1.82, 2.24) is 45.4 Å². The molecule has 4 N–H and O–H groups in total. The summed E-state index contributed by atoms with van der Waals surface area (Å²) in [6, 6.07) is 12.4. The summed E-state index contributed by atoms with van der Waals surface area (Å²) in [5.74, 6) is 0.262. The van der Waals surface area contributed by atoms with Crippen molar-refractivity contribution < 1.29 is 37.8 Å². The Labute approximate surface area is 358 Å². The van der Waals surface area contributed by atoms with E-state index in [-0.39, 0.29) is 35.7 Å². The molecule has 3 aromatic heterocycles. The third kappa shape index (κ3) is 8.71. The Hall–Kier alpha value is -6.36. The van der Waals surface area contributed by atoms with E-state index in [0.717, 1.165) is 35.9 Å². The van der Waals surface area contributed by atoms with Gasteiger partial charge in [-0.1, -0.05) is 32.0 Å². The van der Waals surface area contributed by atoms with E-state index in [1.54, 1.807) is 29.4 Å². The van der Waals surface area contributed by atoms with Gasteiger partial charge < -0.3 is 44.6 Å². The number of hydrogen-bond acceptors (Lipinski definition) is 10. The number of imidazole rings is 2. The number of H-pyrrole nitrogens is 2. The Balaban J connectivity index is 0.954. The fourth-order valence-electron chi connectivity index (χ4n) is 8.94. The van der Waals surface area contributed by atoms with Crippen LogP contribution in [0.3, 0.4) is 0 Å². The predicted octanol–water partition coefficient (Wildman–Crippen LogP) is 6.68. The number of fused-ring (bicyclic) bond motifs is 1. The number of likely N-dealkylation sites (tertiary alicyclic amines) is 2. The second-order valence-electron chi connectivity index (χ2n) is 16.5. The first kappa shape index (κ1) is 42.3. The minimum atomic E-state index is -0.746. The molecule has 3 aliphatic heterocycles. The monoisotopic (exact) mass is 849 g/mol. The lowest BCUT2D eigenvalue weighted by Gasteiger charge is -2.34. The van der Waals surface area contributed by atoms with E-state index in [0.29, 0.717) is 85.2 Å². The number of carbonyl (C=O) groups is 4. The molecule has 0 bridgehead atoms. The molecule has 2 aromatic carbocycles. The van der Waals surface area contributed by atoms with E-state index < -0.39 is 30.1 Å². The van der Waals surface area contributed by atoms with Gasteiger partial charge in [0.2, 0.25) is 11.8 Å². The molecule has 16 nitrogen and oxygen atoms in total. The van der Waals surface area contributed by atoms with Crippen molar-refractivity contribution in [2.75, 3.05) is 40.5 Å². The summed E-state index contributed by atoms with van der Waals surface area (Å²) >= 11 is 0. The number of nitrogens with zero attached hydrogens (tertiary/aromatic N) is 5. The molecule has 3 saturated heterocycles. The number of nitrogens with one attached hydrogen (secondary N) is 4. The van der Waals surface area contributed by atoms with Crippen LogP contribution in [0.15, 0.2) is 60.9 Å². The third-order valence-corrected chi connectivity index (χ3v) is 12.3. The van der Waals surface area contributed by atoms with Gasteiger partial charge in [-0.2, -0.15) is 0 Å². The van der Waals surface area contributed by atoms with Gasteiger partial charge in [-0.3, -0.25) is 9.59 Å². The van der Waals surface area contributed by atoms with Crippen molar-refractivity contribution in [2.24, 2.45) is 11.8 Å². The van der Waals surface area contributed by atoms with Crippen LogP contribution >= 0.6 is 0 Å². The zero-order chi connectivity index (χ0) is 43.5. The van der Waals surface area contributed by atoms with Crippen LogP contribution in [0.5, 0.6) is 0 Å². The highest BCUT2D eigenvalue weighted by Crippen LogP contribution is 2.36. The van der Waals surface area contributed by atoms with E-state index in [1.165, 1.54) is 20.3 Å². The van der Waals surface area contributed by atoms with Crippen LogP contribution in [-0.4, -0.2) is 111 Å². The summed E-state index contributed by atoms with van der Waals surface area (Å²) in [4.78, 5) is 76.2. The second kappa shape index (κ2) is 18.3. The third-order valence-electron chi connectivity index (χ3n) is 12.3. The Morgan fingerprint density at radius 3 is 1.98 bits per heavy atom. The zero-order valence-electron chi connectivity index (χ0n) is 35.3. The summed E-state index contributed by atoms with van der Waals surface area (Å²) in [6.07, 6.45) is 6.47. The van der Waals surface area contributed by atoms with Crippen molar-refractivity contribution in [3.63, 3.8) is 0 Å². The van der Waals surface area contributed by atoms with Crippen LogP contribution < -0.4 is 10.6 Å². The molecule has 0 saturated carbocycles. The summed E-state index contributed by atoms with van der Waals surface area (Å²) in [7, 11) is 2.56. The summed E-state index contributed by atoms with van der Waals surface area (Å²) in [5.41, 5.74) is 4.39. The van der Waals surface area contributed by atoms with Crippen molar-refractivity contribution in [3.05, 3.63) is 78.4 Å². The van der Waals surface area contributed by atoms with Crippen LogP contribution in [0.2, 0.25) is 0 Å². The number of halogens is 1. The van der Waals surface area contributed by atoms with Gasteiger partial charge in [0, 0.05) is 48.4 Å². The maximum Gasteiger partial charge on any atom is 0.407 e. The zero-order valence-corrected chi connectivity index (χ0v) is 35.3. The van der Waals surface area contributed by atoms with Crippen LogP contribution in [0.1, 0.15) is 76.1 Å². The maximum atomic E-state index is 15.9. The average Bonchev–Trinajstić information content (AvgIpc) is 4.14. The Morgan fingerprint density at radius 2 is 1.37 bits per heavy atom. The Morgan fingerprint density at radius 1 is 0.774 bits per heavy atom. The van der Waals surface area contributed by atoms with Crippen molar-refractivity contribution in [1.29, 1.82) is 0 Å². The summed E-state index contributed by atoms with van der Waals surface area (Å²) < 4.78 is 31.0. The number of aromatic nitrogens is 5. The highest BCUT2D eigenvalue weighted by molar-refractivity contribution is 5.88. The molecule has 17 heteroatoms. The van der Waals surface area contributed by atoms with Crippen molar-refractivity contribution in [2.45, 2.75) is 76.5 Å². The summed E-state index contributed by atoms with van der Waals surface area (Å²) in [6.45, 7) is 5.89. The average molecular weight is 850 g/mol. The molecule has 4 amide bonds. The normalized spacial score (nSPS) is 19.1. The fourth-order valence-corrected chi connectivity index (χ4v) is 8.94. The van der Waals surface area contributed by atoms with E-state index in [1.807, 2.05) is 49.1 Å². The number of pyridine rings is 1. The number of benzene rings is 2. The predicted molar refractivity (Wildman–Crippen MR) is 227 cm³/mol. The van der Waals surface area contributed by atoms with Gasteiger partial charge in [-0.15, -0.1) is 0 Å². The SMILES string of the molecule is COC(=O)NC(C(=O)N1CCCC1c1ncc(-c2ccc(-c3ccc4cc(-c5cnc(C6CCCN6C(=O)C(NC(=O)OC)C6CCOCC6)[nH]5)ccc4n3)c(F)c2)[nH]1)C(C)C. The molecule has 0 aliphatic carbocycles. The van der Waals surface area contributed by atoms with Gasteiger partial charge in [0.05, 0.1) is 61.3 Å². The molecule has 4 unspecified atom stereocenters. The van der Waals surface area contributed by atoms with Crippen molar-refractivity contribution in [3.8, 4) is 33.8 Å². The van der Waals surface area contributed by atoms with E-state index in [2.05, 4.69) is 25.6 Å². The van der Waals surface area contributed by atoms with Gasteiger partial charge in [-0.25, -0.2) is 28.9 Å². The molecule has 3 fully saturated rings. The smallest absolute Gasteiger partial charge is 0.407 e. The maximum absolute atomic E-state index is 15.9. The standard InChI is InChI=1S/C45H52FN9O7/c1-25(2)38(52-44(58)60-3)42(56)54-17-5-7-36(54)40-48-24-35(51-40)29-9-12-30(31(46)22-29)33-14-11-27-21-28(10-13-32(27)49-33)34-23-47-41(50-34)37-8-6-18-55(37)43(57)39(53-45(59)61-4)26-15-19-62-20-16-26/h9-14,21-26,36-39H,5-8,15-20H2,1-4H3,(H,47,50)(H,48,51)(H,52,58)(H,53,59). The molecule has 326 valence electrons. The first-order chi connectivity index (χ1) is 30.0. The molecule has 8 rings (SSSR count). The van der Waals surface area contributed by atoms with E-state index >= 15 is 4.39 Å². The molecular formula is C45H52FN9O7. The van der Waals surface area contributed by atoms with Gasteiger partial charge in [-0.05, 0) is 80.7 Å². The number of methoxy groups -OCH3 is 2. The lowest BCUT2D eigenvalue weighted by Crippen LogP contribution is -2.53. The van der Waals surface area contributed by atoms with Gasteiger partial charge in [0.15, 0.2) is 0 Å². The second-order valence-corrected chi connectivity index (χ2v) is 16.5. The largest absolute Gasteiger partial charge is 0.453 e. The minimum absolute atomic E-state index is 0.0552. The molecule has 0 spiro atoms. The lowest BCUT2D eigenvalue weighted by atomic mass is 9.90. The van der Waals surface area contributed by atoms with Gasteiger partial charge in [0.25, 0.3) is 0 Å². The quantitative estimate of drug-likeness (QED) is 0.111. The highest BCUT2D eigenvalue weighted by atomic mass is 19.1. The number of aromatic amines is 2.